The second-order valence-electron chi connectivity index (χ2n) is 7.87. The molecule has 1 aliphatic carbocycles. The Hall–Kier alpha value is -1.71. The summed E-state index contributed by atoms with van der Waals surface area (Å²) in [4.78, 5) is 11.1. The summed E-state index contributed by atoms with van der Waals surface area (Å²) >= 11 is 0. The molecule has 0 amide bonds. The van der Waals surface area contributed by atoms with Crippen molar-refractivity contribution >= 4 is 6.16 Å². The van der Waals surface area contributed by atoms with Crippen LogP contribution >= 0.6 is 0 Å². The lowest BCUT2D eigenvalue weighted by atomic mass is 9.77. The third-order valence-electron chi connectivity index (χ3n) is 5.70. The highest BCUT2D eigenvalue weighted by Gasteiger charge is 2.21. The van der Waals surface area contributed by atoms with E-state index in [1.165, 1.54) is 56.9 Å². The molecule has 28 heavy (non-hydrogen) atoms. The van der Waals surface area contributed by atoms with E-state index < -0.39 is 6.16 Å². The minimum atomic E-state index is -0.589. The van der Waals surface area contributed by atoms with Crippen molar-refractivity contribution in [3.8, 4) is 5.75 Å². The minimum Gasteiger partial charge on any atom is -0.494 e. The molecule has 1 fully saturated rings. The number of unbranched alkanes of at least 4 members (excludes halogenated alkanes) is 3. The van der Waals surface area contributed by atoms with Crippen LogP contribution in [0.25, 0.3) is 0 Å². The maximum atomic E-state index is 11.1. The molecule has 4 heteroatoms. The second kappa shape index (κ2) is 13.5. The first-order chi connectivity index (χ1) is 13.7. The third kappa shape index (κ3) is 8.53. The van der Waals surface area contributed by atoms with Crippen molar-refractivity contribution in [3.63, 3.8) is 0 Å². The number of hydrogen-bond donors (Lipinski definition) is 0. The van der Waals surface area contributed by atoms with Crippen LogP contribution in [0.3, 0.4) is 0 Å². The number of carbonyl (C=O) groups is 1. The molecule has 0 bridgehead atoms. The van der Waals surface area contributed by atoms with E-state index in [9.17, 15) is 4.79 Å². The Kier molecular flexibility index (Phi) is 10.9. The summed E-state index contributed by atoms with van der Waals surface area (Å²) in [5.41, 5.74) is 1.46. The van der Waals surface area contributed by atoms with Gasteiger partial charge in [0.15, 0.2) is 0 Å². The standard InChI is InChI=1S/C24H38O4/c1-3-5-6-9-20-10-12-21(13-11-20)22-14-16-23(17-15-22)27-18-7-8-19-28-24(25)26-4-2/h14-17,20-21H,3-13,18-19H2,1-2H3. The number of carbonyl (C=O) groups excluding carboxylic acids is 1. The number of ether oxygens (including phenoxy) is 3. The van der Waals surface area contributed by atoms with E-state index in [2.05, 4.69) is 31.2 Å². The minimum absolute atomic E-state index is 0.346. The van der Waals surface area contributed by atoms with Crippen LogP contribution in [0.4, 0.5) is 4.79 Å². The van der Waals surface area contributed by atoms with Crippen molar-refractivity contribution in [1.29, 1.82) is 0 Å². The Bertz CT molecular complexity index is 532. The van der Waals surface area contributed by atoms with Crippen molar-refractivity contribution in [2.45, 2.75) is 84.0 Å². The number of benzene rings is 1. The van der Waals surface area contributed by atoms with E-state index in [-0.39, 0.29) is 0 Å². The molecule has 0 radical (unpaired) electrons. The van der Waals surface area contributed by atoms with Crippen LogP contribution < -0.4 is 4.74 Å². The molecule has 0 N–H and O–H groups in total. The molecule has 0 saturated heterocycles. The quantitative estimate of drug-likeness (QED) is 0.288. The molecule has 0 unspecified atom stereocenters. The highest BCUT2D eigenvalue weighted by molar-refractivity contribution is 5.59. The summed E-state index contributed by atoms with van der Waals surface area (Å²) in [5.74, 6) is 2.60. The van der Waals surface area contributed by atoms with Crippen LogP contribution in [0.2, 0.25) is 0 Å². The van der Waals surface area contributed by atoms with E-state index >= 15 is 0 Å². The summed E-state index contributed by atoms with van der Waals surface area (Å²) < 4.78 is 15.5. The maximum absolute atomic E-state index is 11.1. The molecule has 1 saturated carbocycles. The van der Waals surface area contributed by atoms with Gasteiger partial charge in [-0.3, -0.25) is 0 Å². The maximum Gasteiger partial charge on any atom is 0.508 e. The van der Waals surface area contributed by atoms with Gasteiger partial charge in [-0.2, -0.15) is 0 Å². The zero-order valence-electron chi connectivity index (χ0n) is 17.8. The van der Waals surface area contributed by atoms with Gasteiger partial charge in [-0.05, 0) is 75.0 Å². The van der Waals surface area contributed by atoms with Crippen LogP contribution in [-0.2, 0) is 9.47 Å². The molecule has 1 aromatic carbocycles. The topological polar surface area (TPSA) is 44.8 Å². The van der Waals surface area contributed by atoms with Gasteiger partial charge in [-0.25, -0.2) is 4.79 Å². The summed E-state index contributed by atoms with van der Waals surface area (Å²) in [7, 11) is 0. The van der Waals surface area contributed by atoms with Crippen LogP contribution in [-0.4, -0.2) is 26.0 Å². The molecule has 0 heterocycles. The second-order valence-corrected chi connectivity index (χ2v) is 7.87. The first-order valence-corrected chi connectivity index (χ1v) is 11.2. The van der Waals surface area contributed by atoms with E-state index in [0.29, 0.717) is 19.8 Å². The smallest absolute Gasteiger partial charge is 0.494 e. The van der Waals surface area contributed by atoms with Gasteiger partial charge < -0.3 is 14.2 Å². The largest absolute Gasteiger partial charge is 0.508 e. The van der Waals surface area contributed by atoms with E-state index in [1.54, 1.807) is 6.92 Å². The van der Waals surface area contributed by atoms with Gasteiger partial charge >= 0.3 is 6.16 Å². The monoisotopic (exact) mass is 390 g/mol. The molecule has 2 rings (SSSR count). The van der Waals surface area contributed by atoms with E-state index in [0.717, 1.165) is 30.4 Å². The molecule has 158 valence electrons. The number of hydrogen-bond acceptors (Lipinski definition) is 4. The van der Waals surface area contributed by atoms with Gasteiger partial charge in [0.2, 0.25) is 0 Å². The lowest BCUT2D eigenvalue weighted by Gasteiger charge is -2.29. The van der Waals surface area contributed by atoms with Crippen LogP contribution in [0.1, 0.15) is 89.5 Å². The van der Waals surface area contributed by atoms with Gasteiger partial charge in [0.1, 0.15) is 5.75 Å². The molecule has 4 nitrogen and oxygen atoms in total. The first kappa shape index (κ1) is 22.6. The zero-order chi connectivity index (χ0) is 20.0. The van der Waals surface area contributed by atoms with Gasteiger partial charge in [0, 0.05) is 0 Å². The fourth-order valence-corrected chi connectivity index (χ4v) is 4.01. The Morgan fingerprint density at radius 3 is 2.29 bits per heavy atom. The summed E-state index contributed by atoms with van der Waals surface area (Å²) in [6.45, 7) is 5.40. The zero-order valence-corrected chi connectivity index (χ0v) is 17.8. The van der Waals surface area contributed by atoms with Crippen LogP contribution in [0, 0.1) is 5.92 Å². The van der Waals surface area contributed by atoms with Crippen molar-refractivity contribution in [2.24, 2.45) is 5.92 Å². The Balaban J connectivity index is 1.60. The SMILES string of the molecule is CCCCCC1CCC(c2ccc(OCCCCOC(=O)OCC)cc2)CC1. The van der Waals surface area contributed by atoms with Gasteiger partial charge in [-0.1, -0.05) is 44.7 Å². The van der Waals surface area contributed by atoms with Crippen LogP contribution in [0.15, 0.2) is 24.3 Å². The molecular formula is C24H38O4. The molecule has 0 atom stereocenters. The predicted octanol–water partition coefficient (Wildman–Crippen LogP) is 6.87. The molecule has 0 aliphatic heterocycles. The predicted molar refractivity (Wildman–Crippen MR) is 113 cm³/mol. The first-order valence-electron chi connectivity index (χ1n) is 11.2. The third-order valence-corrected chi connectivity index (χ3v) is 5.70. The Morgan fingerprint density at radius 2 is 1.61 bits per heavy atom. The molecular weight excluding hydrogens is 352 g/mol. The highest BCUT2D eigenvalue weighted by atomic mass is 16.7. The average Bonchev–Trinajstić information content (AvgIpc) is 2.72. The fraction of sp³-hybridized carbons (Fsp3) is 0.708. The number of rotatable bonds is 12. The van der Waals surface area contributed by atoms with E-state index in [4.69, 9.17) is 14.2 Å². The highest BCUT2D eigenvalue weighted by Crippen LogP contribution is 2.38. The van der Waals surface area contributed by atoms with Crippen molar-refractivity contribution in [1.82, 2.24) is 0 Å². The van der Waals surface area contributed by atoms with Crippen molar-refractivity contribution in [3.05, 3.63) is 29.8 Å². The average molecular weight is 391 g/mol. The lowest BCUT2D eigenvalue weighted by molar-refractivity contribution is 0.0571. The van der Waals surface area contributed by atoms with Crippen molar-refractivity contribution in [2.75, 3.05) is 19.8 Å². The fourth-order valence-electron chi connectivity index (χ4n) is 4.01. The van der Waals surface area contributed by atoms with Gasteiger partial charge in [0.25, 0.3) is 0 Å². The molecule has 1 aliphatic rings. The van der Waals surface area contributed by atoms with Crippen LogP contribution in [0.5, 0.6) is 5.75 Å². The van der Waals surface area contributed by atoms with Gasteiger partial charge in [-0.15, -0.1) is 0 Å². The molecule has 0 spiro atoms. The summed E-state index contributed by atoms with van der Waals surface area (Å²) in [5, 5.41) is 0. The van der Waals surface area contributed by atoms with Gasteiger partial charge in [0.05, 0.1) is 19.8 Å². The van der Waals surface area contributed by atoms with E-state index in [1.807, 2.05) is 0 Å². The Labute approximate surface area is 170 Å². The van der Waals surface area contributed by atoms with Crippen molar-refractivity contribution < 1.29 is 19.0 Å². The lowest BCUT2D eigenvalue weighted by Crippen LogP contribution is -2.13. The molecule has 0 aromatic heterocycles. The molecule has 1 aromatic rings. The summed E-state index contributed by atoms with van der Waals surface area (Å²) in [6, 6.07) is 8.66. The normalized spacial score (nSPS) is 19.2. The Morgan fingerprint density at radius 1 is 0.893 bits per heavy atom. The summed E-state index contributed by atoms with van der Waals surface area (Å²) in [6.07, 6.45) is 12.0.